The zero-order valence-corrected chi connectivity index (χ0v) is 17.2. The minimum absolute atomic E-state index is 0.0848. The molecule has 0 atom stereocenters. The van der Waals surface area contributed by atoms with Crippen molar-refractivity contribution in [3.05, 3.63) is 39.7 Å². The first kappa shape index (κ1) is 17.6. The molecule has 1 N–H and O–H groups in total. The van der Waals surface area contributed by atoms with Gasteiger partial charge in [-0.3, -0.25) is 4.79 Å². The van der Waals surface area contributed by atoms with Gasteiger partial charge in [0, 0.05) is 15.6 Å². The number of nitrogens with zero attached hydrogens (tertiary/aromatic N) is 3. The number of hydrogen-bond acceptors (Lipinski definition) is 8. The van der Waals surface area contributed by atoms with Gasteiger partial charge in [0.25, 0.3) is 0 Å². The summed E-state index contributed by atoms with van der Waals surface area (Å²) in [5.74, 6) is 0.201. The smallest absolute Gasteiger partial charge is 0.236 e. The Kier molecular flexibility index (Phi) is 5.03. The van der Waals surface area contributed by atoms with Crippen molar-refractivity contribution in [1.82, 2.24) is 15.0 Å². The molecule has 0 aromatic carbocycles. The Balaban J connectivity index is 1.43. The van der Waals surface area contributed by atoms with Gasteiger partial charge < -0.3 is 5.32 Å². The van der Waals surface area contributed by atoms with Gasteiger partial charge in [0.15, 0.2) is 5.13 Å². The summed E-state index contributed by atoms with van der Waals surface area (Å²) in [4.78, 5) is 28.8. The Morgan fingerprint density at radius 3 is 2.96 bits per heavy atom. The molecule has 0 saturated heterocycles. The molecule has 4 aromatic heterocycles. The zero-order chi connectivity index (χ0) is 18.1. The molecule has 4 aromatic rings. The van der Waals surface area contributed by atoms with Crippen molar-refractivity contribution in [2.45, 2.75) is 18.9 Å². The predicted molar refractivity (Wildman–Crippen MR) is 112 cm³/mol. The van der Waals surface area contributed by atoms with E-state index in [1.807, 2.05) is 22.9 Å². The lowest BCUT2D eigenvalue weighted by Gasteiger charge is -2.03. The largest absolute Gasteiger partial charge is 0.301 e. The third kappa shape index (κ3) is 3.52. The molecule has 26 heavy (non-hydrogen) atoms. The Morgan fingerprint density at radius 2 is 2.15 bits per heavy atom. The minimum atomic E-state index is -0.0848. The number of thiophene rings is 2. The Morgan fingerprint density at radius 1 is 1.27 bits per heavy atom. The highest BCUT2D eigenvalue weighted by Gasteiger charge is 2.14. The van der Waals surface area contributed by atoms with E-state index in [-0.39, 0.29) is 11.7 Å². The first-order valence-electron chi connectivity index (χ1n) is 7.74. The highest BCUT2D eigenvalue weighted by Crippen LogP contribution is 2.34. The second-order valence-corrected chi connectivity index (χ2v) is 9.47. The normalized spacial score (nSPS) is 11.2. The van der Waals surface area contributed by atoms with E-state index in [0.717, 1.165) is 25.8 Å². The van der Waals surface area contributed by atoms with Crippen molar-refractivity contribution >= 4 is 67.0 Å². The number of aryl methyl sites for hydroxylation is 2. The van der Waals surface area contributed by atoms with Crippen LogP contribution in [0.5, 0.6) is 0 Å². The number of thioether (sulfide) groups is 1. The summed E-state index contributed by atoms with van der Waals surface area (Å²) in [7, 11) is 0. The van der Waals surface area contributed by atoms with E-state index in [4.69, 9.17) is 0 Å². The average Bonchev–Trinajstić information content (AvgIpc) is 3.35. The summed E-state index contributed by atoms with van der Waals surface area (Å²) in [6, 6.07) is 4.01. The lowest BCUT2D eigenvalue weighted by atomic mass is 10.2. The van der Waals surface area contributed by atoms with Gasteiger partial charge in [-0.25, -0.2) is 15.0 Å². The highest BCUT2D eigenvalue weighted by molar-refractivity contribution is 8.00. The van der Waals surface area contributed by atoms with Crippen molar-refractivity contribution in [3.63, 3.8) is 0 Å². The number of hydrogen-bond donors (Lipinski definition) is 1. The number of aromatic nitrogens is 3. The maximum atomic E-state index is 12.3. The topological polar surface area (TPSA) is 67.8 Å². The molecular formula is C17H14N4OS4. The van der Waals surface area contributed by atoms with Crippen LogP contribution < -0.4 is 5.32 Å². The highest BCUT2D eigenvalue weighted by atomic mass is 32.2. The number of carbonyl (C=O) groups excluding carboxylic acids is 1. The molecule has 0 spiro atoms. The molecule has 9 heteroatoms. The third-order valence-electron chi connectivity index (χ3n) is 3.79. The van der Waals surface area contributed by atoms with E-state index in [1.54, 1.807) is 29.0 Å². The average molecular weight is 419 g/mol. The van der Waals surface area contributed by atoms with E-state index < -0.39 is 0 Å². The van der Waals surface area contributed by atoms with Gasteiger partial charge in [0.05, 0.1) is 16.3 Å². The van der Waals surface area contributed by atoms with Gasteiger partial charge >= 0.3 is 0 Å². The van der Waals surface area contributed by atoms with Crippen LogP contribution in [-0.4, -0.2) is 26.6 Å². The van der Waals surface area contributed by atoms with E-state index in [9.17, 15) is 4.79 Å². The monoisotopic (exact) mass is 418 g/mol. The molecule has 5 nitrogen and oxygen atoms in total. The molecule has 0 aliphatic rings. The molecule has 0 saturated carbocycles. The molecule has 0 bridgehead atoms. The lowest BCUT2D eigenvalue weighted by molar-refractivity contribution is -0.113. The Hall–Kier alpha value is -1.81. The van der Waals surface area contributed by atoms with Crippen LogP contribution in [0.4, 0.5) is 5.13 Å². The first-order valence-corrected chi connectivity index (χ1v) is 11.3. The SMILES string of the molecule is Cc1sc2ncnc(SCC(=O)Nc3nc(-c4cccs4)cs3)c2c1C. The van der Waals surface area contributed by atoms with Crippen LogP contribution in [0.15, 0.2) is 34.2 Å². The fraction of sp³-hybridized carbons (Fsp3) is 0.176. The predicted octanol–water partition coefficient (Wildman–Crippen LogP) is 5.22. The fourth-order valence-corrected chi connectivity index (χ4v) is 5.82. The summed E-state index contributed by atoms with van der Waals surface area (Å²) < 4.78 is 0. The van der Waals surface area contributed by atoms with Crippen molar-refractivity contribution in [1.29, 1.82) is 0 Å². The number of anilines is 1. The van der Waals surface area contributed by atoms with Crippen LogP contribution in [0.1, 0.15) is 10.4 Å². The quantitative estimate of drug-likeness (QED) is 0.355. The Labute approximate surface area is 166 Å². The summed E-state index contributed by atoms with van der Waals surface area (Å²) in [6.45, 7) is 4.15. The molecule has 0 unspecified atom stereocenters. The maximum Gasteiger partial charge on any atom is 0.236 e. The van der Waals surface area contributed by atoms with E-state index in [1.165, 1.54) is 33.5 Å². The summed E-state index contributed by atoms with van der Waals surface area (Å²) >= 11 is 6.16. The second kappa shape index (κ2) is 7.43. The van der Waals surface area contributed by atoms with Crippen LogP contribution >= 0.6 is 45.8 Å². The standard InChI is InChI=1S/C17H14N4OS4/c1-9-10(2)26-16-14(9)15(18-8-19-16)24-7-13(22)21-17-20-11(6-25-17)12-4-3-5-23-12/h3-6,8H,7H2,1-2H3,(H,20,21,22). The van der Waals surface area contributed by atoms with Gasteiger partial charge in [-0.2, -0.15) is 0 Å². The van der Waals surface area contributed by atoms with Crippen molar-refractivity contribution < 1.29 is 4.79 Å². The van der Waals surface area contributed by atoms with E-state index in [2.05, 4.69) is 34.1 Å². The number of rotatable bonds is 5. The van der Waals surface area contributed by atoms with E-state index in [0.29, 0.717) is 5.13 Å². The molecule has 132 valence electrons. The summed E-state index contributed by atoms with van der Waals surface area (Å²) in [6.07, 6.45) is 1.56. The number of carbonyl (C=O) groups is 1. The van der Waals surface area contributed by atoms with Crippen LogP contribution in [0.25, 0.3) is 20.8 Å². The number of nitrogens with one attached hydrogen (secondary N) is 1. The molecule has 0 aliphatic carbocycles. The summed E-state index contributed by atoms with van der Waals surface area (Å²) in [5.41, 5.74) is 2.09. The maximum absolute atomic E-state index is 12.3. The summed E-state index contributed by atoms with van der Waals surface area (Å²) in [5, 5.41) is 9.38. The molecular weight excluding hydrogens is 404 g/mol. The molecule has 1 amide bonds. The number of fused-ring (bicyclic) bond motifs is 1. The van der Waals surface area contributed by atoms with Gasteiger partial charge in [-0.15, -0.1) is 34.0 Å². The second-order valence-electron chi connectivity index (χ2n) is 5.49. The van der Waals surface area contributed by atoms with Crippen LogP contribution in [0, 0.1) is 13.8 Å². The van der Waals surface area contributed by atoms with Crippen LogP contribution in [-0.2, 0) is 4.79 Å². The Bertz CT molecular complexity index is 1070. The number of thiazole rings is 1. The molecule has 4 heterocycles. The van der Waals surface area contributed by atoms with Gasteiger partial charge in [0.2, 0.25) is 5.91 Å². The molecule has 0 fully saturated rings. The van der Waals surface area contributed by atoms with Crippen molar-refractivity contribution in [2.75, 3.05) is 11.1 Å². The first-order chi connectivity index (χ1) is 12.6. The van der Waals surface area contributed by atoms with Crippen molar-refractivity contribution in [2.24, 2.45) is 0 Å². The van der Waals surface area contributed by atoms with Crippen molar-refractivity contribution in [3.8, 4) is 10.6 Å². The van der Waals surface area contributed by atoms with E-state index >= 15 is 0 Å². The van der Waals surface area contributed by atoms with Gasteiger partial charge in [-0.1, -0.05) is 17.8 Å². The minimum Gasteiger partial charge on any atom is -0.301 e. The van der Waals surface area contributed by atoms with Crippen LogP contribution in [0.3, 0.4) is 0 Å². The van der Waals surface area contributed by atoms with Gasteiger partial charge in [0.1, 0.15) is 16.2 Å². The molecule has 0 aliphatic heterocycles. The molecule has 4 rings (SSSR count). The third-order valence-corrected chi connectivity index (χ3v) is 7.55. The van der Waals surface area contributed by atoms with Gasteiger partial charge in [-0.05, 0) is 30.9 Å². The lowest BCUT2D eigenvalue weighted by Crippen LogP contribution is -2.14. The fourth-order valence-electron chi connectivity index (χ4n) is 2.42. The number of amides is 1. The van der Waals surface area contributed by atoms with Crippen LogP contribution in [0.2, 0.25) is 0 Å². The zero-order valence-electron chi connectivity index (χ0n) is 14.0. The molecule has 0 radical (unpaired) electrons.